The molecule has 0 spiro atoms. The second-order valence-corrected chi connectivity index (χ2v) is 5.81. The van der Waals surface area contributed by atoms with Gasteiger partial charge in [0.25, 0.3) is 0 Å². The summed E-state index contributed by atoms with van der Waals surface area (Å²) in [5.74, 6) is 0.647. The number of carbonyl (C=O) groups is 1. The van der Waals surface area contributed by atoms with Crippen LogP contribution in [0.1, 0.15) is 40.0 Å². The smallest absolute Gasteiger partial charge is 0.146 e. The molecule has 1 nitrogen and oxygen atoms in total. The molecular weight excluding hydrogens is 228 g/mol. The third-order valence-corrected chi connectivity index (χ3v) is 3.80. The average molecular weight is 245 g/mol. The summed E-state index contributed by atoms with van der Waals surface area (Å²) in [5.41, 5.74) is 1.29. The van der Waals surface area contributed by atoms with Crippen LogP contribution in [0.15, 0.2) is 10.1 Å². The molecule has 1 rings (SSSR count). The minimum Gasteiger partial charge on any atom is -0.298 e. The SMILES string of the molecule is CC(C)(C)[C@@H]1CCC(Br)=C(C=O)C1. The molecule has 0 heterocycles. The molecule has 0 radical (unpaired) electrons. The van der Waals surface area contributed by atoms with E-state index in [1.807, 2.05) is 0 Å². The maximum absolute atomic E-state index is 10.8. The average Bonchev–Trinajstić information content (AvgIpc) is 2.03. The Morgan fingerprint density at radius 2 is 2.08 bits per heavy atom. The zero-order valence-corrected chi connectivity index (χ0v) is 10.1. The van der Waals surface area contributed by atoms with E-state index in [4.69, 9.17) is 0 Å². The zero-order chi connectivity index (χ0) is 10.1. The van der Waals surface area contributed by atoms with E-state index in [0.29, 0.717) is 11.3 Å². The van der Waals surface area contributed by atoms with Crippen molar-refractivity contribution in [2.45, 2.75) is 40.0 Å². The van der Waals surface area contributed by atoms with Gasteiger partial charge < -0.3 is 0 Å². The first-order valence-electron chi connectivity index (χ1n) is 4.78. The monoisotopic (exact) mass is 244 g/mol. The summed E-state index contributed by atoms with van der Waals surface area (Å²) in [5, 5.41) is 0. The molecule has 0 aromatic heterocycles. The molecule has 0 bridgehead atoms. The van der Waals surface area contributed by atoms with Crippen LogP contribution in [0.2, 0.25) is 0 Å². The number of halogens is 1. The van der Waals surface area contributed by atoms with Gasteiger partial charge in [-0.15, -0.1) is 0 Å². The summed E-state index contributed by atoms with van der Waals surface area (Å²) in [6.45, 7) is 6.75. The van der Waals surface area contributed by atoms with Gasteiger partial charge in [0, 0.05) is 10.1 Å². The van der Waals surface area contributed by atoms with Crippen molar-refractivity contribution >= 4 is 22.2 Å². The van der Waals surface area contributed by atoms with E-state index in [1.165, 1.54) is 6.42 Å². The van der Waals surface area contributed by atoms with Crippen LogP contribution < -0.4 is 0 Å². The van der Waals surface area contributed by atoms with Crippen molar-refractivity contribution in [3.05, 3.63) is 10.1 Å². The van der Waals surface area contributed by atoms with Crippen molar-refractivity contribution in [1.82, 2.24) is 0 Å². The van der Waals surface area contributed by atoms with Crippen molar-refractivity contribution < 1.29 is 4.79 Å². The largest absolute Gasteiger partial charge is 0.298 e. The Labute approximate surface area is 88.7 Å². The predicted molar refractivity (Wildman–Crippen MR) is 58.8 cm³/mol. The summed E-state index contributed by atoms with van der Waals surface area (Å²) in [4.78, 5) is 10.8. The second-order valence-electron chi connectivity index (χ2n) is 4.85. The van der Waals surface area contributed by atoms with Gasteiger partial charge in [-0.1, -0.05) is 36.7 Å². The van der Waals surface area contributed by atoms with E-state index in [9.17, 15) is 4.79 Å². The van der Waals surface area contributed by atoms with Gasteiger partial charge in [-0.25, -0.2) is 0 Å². The molecule has 74 valence electrons. The van der Waals surface area contributed by atoms with Crippen molar-refractivity contribution in [2.75, 3.05) is 0 Å². The minimum absolute atomic E-state index is 0.321. The van der Waals surface area contributed by atoms with Gasteiger partial charge in [-0.3, -0.25) is 4.79 Å². The van der Waals surface area contributed by atoms with Crippen LogP contribution in [0.4, 0.5) is 0 Å². The highest BCUT2D eigenvalue weighted by Gasteiger charge is 2.28. The molecule has 1 atom stereocenters. The van der Waals surface area contributed by atoms with E-state index in [0.717, 1.165) is 29.2 Å². The molecule has 13 heavy (non-hydrogen) atoms. The standard InChI is InChI=1S/C11H17BrO/c1-11(2,3)9-4-5-10(12)8(6-9)7-13/h7,9H,4-6H2,1-3H3/t9-/m1/s1. The fourth-order valence-corrected chi connectivity index (χ4v) is 2.28. The lowest BCUT2D eigenvalue weighted by atomic mass is 9.72. The fraction of sp³-hybridized carbons (Fsp3) is 0.727. The van der Waals surface area contributed by atoms with Gasteiger partial charge in [0.1, 0.15) is 6.29 Å². The Kier molecular flexibility index (Phi) is 3.33. The molecule has 0 aliphatic heterocycles. The number of carbonyl (C=O) groups excluding carboxylic acids is 1. The third kappa shape index (κ3) is 2.67. The Morgan fingerprint density at radius 3 is 2.54 bits per heavy atom. The van der Waals surface area contributed by atoms with Crippen molar-refractivity contribution in [3.8, 4) is 0 Å². The van der Waals surface area contributed by atoms with Crippen LogP contribution in [0.3, 0.4) is 0 Å². The summed E-state index contributed by atoms with van der Waals surface area (Å²) in [6, 6.07) is 0. The summed E-state index contributed by atoms with van der Waals surface area (Å²) < 4.78 is 1.11. The van der Waals surface area contributed by atoms with E-state index in [1.54, 1.807) is 0 Å². The first-order valence-corrected chi connectivity index (χ1v) is 5.57. The molecular formula is C11H17BrO. The van der Waals surface area contributed by atoms with Gasteiger partial charge in [0.05, 0.1) is 0 Å². The molecule has 0 fully saturated rings. The van der Waals surface area contributed by atoms with E-state index < -0.39 is 0 Å². The van der Waals surface area contributed by atoms with Gasteiger partial charge in [-0.05, 0) is 30.6 Å². The molecule has 1 aliphatic carbocycles. The zero-order valence-electron chi connectivity index (χ0n) is 8.56. The maximum Gasteiger partial charge on any atom is 0.146 e. The Balaban J connectivity index is 2.76. The molecule has 0 saturated carbocycles. The molecule has 2 heteroatoms. The first kappa shape index (κ1) is 11.0. The number of hydrogen-bond donors (Lipinski definition) is 0. The Morgan fingerprint density at radius 1 is 1.46 bits per heavy atom. The molecule has 0 amide bonds. The quantitative estimate of drug-likeness (QED) is 0.644. The van der Waals surface area contributed by atoms with E-state index >= 15 is 0 Å². The number of aldehydes is 1. The van der Waals surface area contributed by atoms with Gasteiger partial charge in [-0.2, -0.15) is 0 Å². The highest BCUT2D eigenvalue weighted by atomic mass is 79.9. The Bertz CT molecular complexity index is 235. The molecule has 1 aliphatic rings. The van der Waals surface area contributed by atoms with Crippen LogP contribution in [0.5, 0.6) is 0 Å². The molecule has 0 saturated heterocycles. The number of allylic oxidation sites excluding steroid dienone is 2. The molecule has 0 unspecified atom stereocenters. The Hall–Kier alpha value is -0.110. The lowest BCUT2D eigenvalue weighted by Gasteiger charge is -2.33. The van der Waals surface area contributed by atoms with Crippen molar-refractivity contribution in [1.29, 1.82) is 0 Å². The summed E-state index contributed by atoms with van der Waals surface area (Å²) >= 11 is 3.46. The van der Waals surface area contributed by atoms with Crippen LogP contribution in [-0.2, 0) is 4.79 Å². The summed E-state index contributed by atoms with van der Waals surface area (Å²) in [7, 11) is 0. The van der Waals surface area contributed by atoms with Crippen molar-refractivity contribution in [2.24, 2.45) is 11.3 Å². The number of rotatable bonds is 1. The molecule has 0 aromatic carbocycles. The van der Waals surface area contributed by atoms with Crippen LogP contribution in [0.25, 0.3) is 0 Å². The normalized spacial score (nSPS) is 24.8. The highest BCUT2D eigenvalue weighted by Crippen LogP contribution is 2.40. The van der Waals surface area contributed by atoms with E-state index in [2.05, 4.69) is 36.7 Å². The lowest BCUT2D eigenvalue weighted by Crippen LogP contribution is -2.23. The van der Waals surface area contributed by atoms with Crippen LogP contribution in [0, 0.1) is 11.3 Å². The topological polar surface area (TPSA) is 17.1 Å². The first-order chi connectivity index (χ1) is 5.95. The minimum atomic E-state index is 0.321. The predicted octanol–water partition coefficient (Wildman–Crippen LogP) is 3.68. The van der Waals surface area contributed by atoms with E-state index in [-0.39, 0.29) is 0 Å². The second kappa shape index (κ2) is 3.95. The van der Waals surface area contributed by atoms with Gasteiger partial charge >= 0.3 is 0 Å². The maximum atomic E-state index is 10.8. The van der Waals surface area contributed by atoms with Crippen LogP contribution in [-0.4, -0.2) is 6.29 Å². The van der Waals surface area contributed by atoms with Crippen LogP contribution >= 0.6 is 15.9 Å². The fourth-order valence-electron chi connectivity index (χ4n) is 1.79. The molecule has 0 N–H and O–H groups in total. The van der Waals surface area contributed by atoms with Crippen molar-refractivity contribution in [3.63, 3.8) is 0 Å². The van der Waals surface area contributed by atoms with Gasteiger partial charge in [0.15, 0.2) is 0 Å². The molecule has 0 aromatic rings. The summed E-state index contributed by atoms with van der Waals surface area (Å²) in [6.07, 6.45) is 4.16. The third-order valence-electron chi connectivity index (χ3n) is 2.89. The lowest BCUT2D eigenvalue weighted by molar-refractivity contribution is -0.105. The number of hydrogen-bond acceptors (Lipinski definition) is 1. The highest BCUT2D eigenvalue weighted by molar-refractivity contribution is 9.11. The van der Waals surface area contributed by atoms with Gasteiger partial charge in [0.2, 0.25) is 0 Å².